The van der Waals surface area contributed by atoms with E-state index in [0.29, 0.717) is 17.4 Å². The number of benzene rings is 2. The predicted octanol–water partition coefficient (Wildman–Crippen LogP) is 4.52. The second-order valence-corrected chi connectivity index (χ2v) is 12.8. The molecule has 1 aliphatic rings. The molecule has 3 heterocycles. The second kappa shape index (κ2) is 10.3. The van der Waals surface area contributed by atoms with E-state index in [1.165, 1.54) is 24.3 Å². The van der Waals surface area contributed by atoms with Gasteiger partial charge < -0.3 is 15.8 Å². The van der Waals surface area contributed by atoms with Crippen LogP contribution in [-0.4, -0.2) is 53.5 Å². The number of fused-ring (bicyclic) bond motifs is 1. The number of thioether (sulfide) groups is 1. The van der Waals surface area contributed by atoms with Crippen LogP contribution in [0.3, 0.4) is 0 Å². The van der Waals surface area contributed by atoms with Crippen molar-refractivity contribution in [2.45, 2.75) is 24.6 Å². The minimum absolute atomic E-state index is 0.146. The summed E-state index contributed by atoms with van der Waals surface area (Å²) < 4.78 is 29.3. The van der Waals surface area contributed by atoms with Crippen molar-refractivity contribution in [1.82, 2.24) is 15.0 Å². The maximum absolute atomic E-state index is 12.0. The number of hydrogen-bond donors (Lipinski definition) is 2. The topological polar surface area (TPSA) is 132 Å². The van der Waals surface area contributed by atoms with Gasteiger partial charge in [-0.1, -0.05) is 6.07 Å². The SMILES string of the molecule is Cc1ccc(Oc2ccc(Nc3ncnc4ccc(C5(C(N)CS(C)(=O)=O)C=NCS5)cc34)cc2C)cn1. The Labute approximate surface area is 225 Å². The largest absolute Gasteiger partial charge is 0.455 e. The highest BCUT2D eigenvalue weighted by molar-refractivity contribution is 8.01. The number of sulfone groups is 1. The van der Waals surface area contributed by atoms with Gasteiger partial charge in [-0.2, -0.15) is 0 Å². The lowest BCUT2D eigenvalue weighted by Gasteiger charge is -2.32. The fraction of sp³-hybridized carbons (Fsp3) is 0.259. The van der Waals surface area contributed by atoms with Crippen LogP contribution in [0.4, 0.5) is 11.5 Å². The number of nitrogens with two attached hydrogens (primary N) is 1. The standard InChI is InChI=1S/C27H28N6O3S2/c1-17-10-20(6-9-24(17)36-21-7-4-18(2)30-12-21)33-26-22-11-19(5-8-23(22)31-15-32-26)27(14-29-16-37-27)25(28)13-38(3,34)35/h4-12,14-15,25H,13,16,28H2,1-3H3,(H,31,32,33). The first-order valence-corrected chi connectivity index (χ1v) is 15.0. The van der Waals surface area contributed by atoms with Gasteiger partial charge in [0.2, 0.25) is 0 Å². The monoisotopic (exact) mass is 548 g/mol. The molecule has 2 atom stereocenters. The summed E-state index contributed by atoms with van der Waals surface area (Å²) in [6, 6.07) is 14.7. The third-order valence-electron chi connectivity index (χ3n) is 6.33. The molecule has 11 heteroatoms. The zero-order valence-electron chi connectivity index (χ0n) is 21.2. The van der Waals surface area contributed by atoms with Gasteiger partial charge >= 0.3 is 0 Å². The Balaban J connectivity index is 1.46. The lowest BCUT2D eigenvalue weighted by Crippen LogP contribution is -2.47. The number of ether oxygens (including phenoxy) is 1. The van der Waals surface area contributed by atoms with Crippen molar-refractivity contribution in [2.75, 3.05) is 23.2 Å². The van der Waals surface area contributed by atoms with Crippen LogP contribution in [0.1, 0.15) is 16.8 Å². The van der Waals surface area contributed by atoms with E-state index in [2.05, 4.69) is 25.3 Å². The Morgan fingerprint density at radius 3 is 2.63 bits per heavy atom. The van der Waals surface area contributed by atoms with Crippen LogP contribution in [-0.2, 0) is 14.6 Å². The van der Waals surface area contributed by atoms with Gasteiger partial charge in [-0.15, -0.1) is 11.8 Å². The molecule has 2 aromatic carbocycles. The summed E-state index contributed by atoms with van der Waals surface area (Å²) in [4.78, 5) is 17.6. The second-order valence-electron chi connectivity index (χ2n) is 9.37. The van der Waals surface area contributed by atoms with E-state index in [9.17, 15) is 8.42 Å². The highest BCUT2D eigenvalue weighted by Gasteiger charge is 2.42. The van der Waals surface area contributed by atoms with Gasteiger partial charge in [0, 0.05) is 35.3 Å². The lowest BCUT2D eigenvalue weighted by atomic mass is 9.91. The molecule has 0 spiro atoms. The highest BCUT2D eigenvalue weighted by Crippen LogP contribution is 2.43. The fourth-order valence-corrected chi connectivity index (χ4v) is 6.52. The third kappa shape index (κ3) is 5.50. The molecule has 0 saturated heterocycles. The van der Waals surface area contributed by atoms with Gasteiger partial charge in [0.05, 0.1) is 28.1 Å². The number of rotatable bonds is 8. The van der Waals surface area contributed by atoms with Crippen LogP contribution < -0.4 is 15.8 Å². The van der Waals surface area contributed by atoms with Gasteiger partial charge in [0.25, 0.3) is 0 Å². The smallest absolute Gasteiger partial charge is 0.149 e. The van der Waals surface area contributed by atoms with Crippen LogP contribution >= 0.6 is 11.8 Å². The summed E-state index contributed by atoms with van der Waals surface area (Å²) in [6.07, 6.45) is 6.18. The van der Waals surface area contributed by atoms with Crippen molar-refractivity contribution < 1.29 is 13.2 Å². The molecule has 2 aromatic heterocycles. The highest BCUT2D eigenvalue weighted by atomic mass is 32.2. The van der Waals surface area contributed by atoms with Crippen LogP contribution in [0.25, 0.3) is 10.9 Å². The molecule has 38 heavy (non-hydrogen) atoms. The summed E-state index contributed by atoms with van der Waals surface area (Å²) in [7, 11) is -3.28. The summed E-state index contributed by atoms with van der Waals surface area (Å²) in [6.45, 7) is 3.90. The minimum Gasteiger partial charge on any atom is -0.455 e. The Morgan fingerprint density at radius 2 is 1.95 bits per heavy atom. The van der Waals surface area contributed by atoms with E-state index in [4.69, 9.17) is 10.5 Å². The van der Waals surface area contributed by atoms with Crippen molar-refractivity contribution >= 4 is 50.2 Å². The number of nitrogens with zero attached hydrogens (tertiary/aromatic N) is 4. The summed E-state index contributed by atoms with van der Waals surface area (Å²) in [5.74, 6) is 2.39. The molecule has 5 rings (SSSR count). The number of aliphatic imine (C=N–C) groups is 1. The predicted molar refractivity (Wildman–Crippen MR) is 153 cm³/mol. The van der Waals surface area contributed by atoms with Gasteiger partial charge in [0.1, 0.15) is 33.5 Å². The molecule has 0 aliphatic carbocycles. The van der Waals surface area contributed by atoms with Crippen molar-refractivity contribution in [2.24, 2.45) is 10.7 Å². The minimum atomic E-state index is -3.28. The van der Waals surface area contributed by atoms with E-state index in [0.717, 1.165) is 39.2 Å². The van der Waals surface area contributed by atoms with Gasteiger partial charge in [-0.25, -0.2) is 18.4 Å². The molecule has 0 fully saturated rings. The third-order valence-corrected chi connectivity index (χ3v) is 8.69. The van der Waals surface area contributed by atoms with Crippen molar-refractivity contribution in [3.8, 4) is 11.5 Å². The van der Waals surface area contributed by atoms with Gasteiger partial charge in [0.15, 0.2) is 0 Å². The Kier molecular flexibility index (Phi) is 7.08. The normalized spacial score (nSPS) is 18.0. The zero-order valence-corrected chi connectivity index (χ0v) is 22.9. The average Bonchev–Trinajstić information content (AvgIpc) is 3.37. The first-order chi connectivity index (χ1) is 18.1. The van der Waals surface area contributed by atoms with E-state index in [1.807, 2.05) is 62.4 Å². The fourth-order valence-electron chi connectivity index (χ4n) is 4.40. The quantitative estimate of drug-likeness (QED) is 0.326. The van der Waals surface area contributed by atoms with Crippen LogP contribution in [0.15, 0.2) is 66.0 Å². The van der Waals surface area contributed by atoms with Crippen LogP contribution in [0, 0.1) is 13.8 Å². The number of hydrogen-bond acceptors (Lipinski definition) is 10. The number of nitrogens with one attached hydrogen (secondary N) is 1. The molecule has 9 nitrogen and oxygen atoms in total. The van der Waals surface area contributed by atoms with E-state index < -0.39 is 20.6 Å². The van der Waals surface area contributed by atoms with Crippen molar-refractivity contribution in [3.63, 3.8) is 0 Å². The maximum Gasteiger partial charge on any atom is 0.149 e. The molecule has 0 amide bonds. The molecular weight excluding hydrogens is 520 g/mol. The van der Waals surface area contributed by atoms with E-state index >= 15 is 0 Å². The van der Waals surface area contributed by atoms with Gasteiger partial charge in [-0.05, 0) is 67.4 Å². The van der Waals surface area contributed by atoms with Crippen LogP contribution in [0.2, 0.25) is 0 Å². The number of pyridine rings is 1. The van der Waals surface area contributed by atoms with Crippen molar-refractivity contribution in [3.05, 3.63) is 77.9 Å². The molecule has 0 saturated carbocycles. The van der Waals surface area contributed by atoms with E-state index in [-0.39, 0.29) is 5.75 Å². The summed E-state index contributed by atoms with van der Waals surface area (Å²) in [5.41, 5.74) is 10.8. The molecular formula is C27H28N6O3S2. The molecule has 3 N–H and O–H groups in total. The zero-order chi connectivity index (χ0) is 26.9. The Hall–Kier alpha value is -3.54. The lowest BCUT2D eigenvalue weighted by molar-refractivity contribution is 0.476. The molecule has 0 radical (unpaired) electrons. The summed E-state index contributed by atoms with van der Waals surface area (Å²) >= 11 is 1.52. The Bertz CT molecular complexity index is 1630. The molecule has 1 aliphatic heterocycles. The van der Waals surface area contributed by atoms with Gasteiger partial charge in [-0.3, -0.25) is 9.98 Å². The first kappa shape index (κ1) is 26.1. The average molecular weight is 549 g/mol. The molecule has 196 valence electrons. The molecule has 2 unspecified atom stereocenters. The van der Waals surface area contributed by atoms with E-state index in [1.54, 1.807) is 12.4 Å². The maximum atomic E-state index is 12.0. The molecule has 0 bridgehead atoms. The number of aromatic nitrogens is 3. The van der Waals surface area contributed by atoms with Crippen molar-refractivity contribution in [1.29, 1.82) is 0 Å². The van der Waals surface area contributed by atoms with Crippen LogP contribution in [0.5, 0.6) is 11.5 Å². The first-order valence-electron chi connectivity index (χ1n) is 11.9. The summed E-state index contributed by atoms with van der Waals surface area (Å²) in [5, 5.41) is 4.19. The number of aryl methyl sites for hydroxylation is 2. The number of anilines is 2. The molecule has 4 aromatic rings. The Morgan fingerprint density at radius 1 is 1.11 bits per heavy atom.